The molecule has 2 N–H and O–H groups in total. The molecule has 2 heterocycles. The van der Waals surface area contributed by atoms with Crippen molar-refractivity contribution in [2.75, 3.05) is 64.8 Å². The summed E-state index contributed by atoms with van der Waals surface area (Å²) < 4.78 is 25.1. The Morgan fingerprint density at radius 2 is 1.84 bits per heavy atom. The second-order valence-electron chi connectivity index (χ2n) is 8.06. The lowest BCUT2D eigenvalue weighted by Crippen LogP contribution is -2.49. The van der Waals surface area contributed by atoms with Gasteiger partial charge in [0.2, 0.25) is 0 Å². The molecule has 3 rings (SSSR count). The SMILES string of the molecule is CN=C(NCc1c(Cl)cccc1N1CCN(C)CC1)NC1CCN(CC(F)F)CC1.I. The number of likely N-dealkylation sites (tertiary alicyclic amines) is 1. The number of rotatable bonds is 6. The lowest BCUT2D eigenvalue weighted by molar-refractivity contribution is 0.0744. The minimum absolute atomic E-state index is 0. The minimum Gasteiger partial charge on any atom is -0.369 e. The Labute approximate surface area is 206 Å². The average molecular weight is 571 g/mol. The Bertz CT molecular complexity index is 707. The molecule has 0 bridgehead atoms. The number of hydrogen-bond acceptors (Lipinski definition) is 4. The van der Waals surface area contributed by atoms with Crippen LogP contribution in [0.15, 0.2) is 23.2 Å². The molecule has 2 aliphatic rings. The van der Waals surface area contributed by atoms with Gasteiger partial charge in [-0.1, -0.05) is 17.7 Å². The van der Waals surface area contributed by atoms with E-state index < -0.39 is 6.43 Å². The predicted molar refractivity (Wildman–Crippen MR) is 135 cm³/mol. The summed E-state index contributed by atoms with van der Waals surface area (Å²) in [6, 6.07) is 6.28. The summed E-state index contributed by atoms with van der Waals surface area (Å²) in [5, 5.41) is 7.57. The first-order chi connectivity index (χ1) is 14.5. The molecule has 2 aliphatic heterocycles. The van der Waals surface area contributed by atoms with Crippen molar-refractivity contribution >= 4 is 47.2 Å². The van der Waals surface area contributed by atoms with Gasteiger partial charge in [-0.15, -0.1) is 24.0 Å². The molecule has 0 atom stereocenters. The van der Waals surface area contributed by atoms with Crippen LogP contribution in [0.5, 0.6) is 0 Å². The number of hydrogen-bond donors (Lipinski definition) is 2. The number of alkyl halides is 2. The van der Waals surface area contributed by atoms with E-state index in [-0.39, 0.29) is 36.6 Å². The first kappa shape index (κ1) is 26.3. The van der Waals surface area contributed by atoms with Crippen LogP contribution in [0.2, 0.25) is 5.02 Å². The van der Waals surface area contributed by atoms with Gasteiger partial charge in [-0.3, -0.25) is 9.89 Å². The van der Waals surface area contributed by atoms with E-state index in [0.29, 0.717) is 25.6 Å². The molecule has 0 aromatic heterocycles. The van der Waals surface area contributed by atoms with Crippen LogP contribution in [0.3, 0.4) is 0 Å². The van der Waals surface area contributed by atoms with E-state index in [4.69, 9.17) is 11.6 Å². The highest BCUT2D eigenvalue weighted by molar-refractivity contribution is 14.0. The van der Waals surface area contributed by atoms with Crippen molar-refractivity contribution in [2.24, 2.45) is 4.99 Å². The molecule has 0 saturated carbocycles. The third-order valence-electron chi connectivity index (χ3n) is 5.92. The second kappa shape index (κ2) is 13.0. The Hall–Kier alpha value is -0.910. The van der Waals surface area contributed by atoms with Gasteiger partial charge in [0.15, 0.2) is 5.96 Å². The number of piperidine rings is 1. The summed E-state index contributed by atoms with van der Waals surface area (Å²) in [4.78, 5) is 10.9. The summed E-state index contributed by atoms with van der Waals surface area (Å²) in [6.45, 7) is 5.82. The Morgan fingerprint density at radius 1 is 1.16 bits per heavy atom. The third kappa shape index (κ3) is 7.87. The van der Waals surface area contributed by atoms with Crippen molar-refractivity contribution in [1.29, 1.82) is 0 Å². The van der Waals surface area contributed by atoms with Gasteiger partial charge in [-0.25, -0.2) is 8.78 Å². The van der Waals surface area contributed by atoms with Gasteiger partial charge in [0, 0.05) is 75.2 Å². The second-order valence-corrected chi connectivity index (χ2v) is 8.47. The van der Waals surface area contributed by atoms with Gasteiger partial charge in [0.05, 0.1) is 6.54 Å². The summed E-state index contributed by atoms with van der Waals surface area (Å²) >= 11 is 6.55. The molecular formula is C21H34ClF2IN6. The number of likely N-dealkylation sites (N-methyl/N-ethyl adjacent to an activating group) is 1. The van der Waals surface area contributed by atoms with Crippen LogP contribution in [0.25, 0.3) is 0 Å². The van der Waals surface area contributed by atoms with Gasteiger partial charge >= 0.3 is 0 Å². The van der Waals surface area contributed by atoms with Crippen molar-refractivity contribution in [3.63, 3.8) is 0 Å². The van der Waals surface area contributed by atoms with Gasteiger partial charge in [-0.2, -0.15) is 0 Å². The van der Waals surface area contributed by atoms with Crippen LogP contribution in [0, 0.1) is 0 Å². The predicted octanol–water partition coefficient (Wildman–Crippen LogP) is 3.10. The molecule has 1 aromatic carbocycles. The normalized spacial score (nSPS) is 19.4. The highest BCUT2D eigenvalue weighted by Crippen LogP contribution is 2.28. The molecule has 2 fully saturated rings. The van der Waals surface area contributed by atoms with Crippen LogP contribution in [0.4, 0.5) is 14.5 Å². The topological polar surface area (TPSA) is 46.1 Å². The standard InChI is InChI=1S/C21H33ClF2N6.HI/c1-25-21(27-16-6-8-29(9-7-16)15-20(23)24)26-14-17-18(22)4-3-5-19(17)30-12-10-28(2)11-13-30;/h3-5,16,20H,6-15H2,1-2H3,(H2,25,26,27);1H. The smallest absolute Gasteiger partial charge is 0.251 e. The summed E-state index contributed by atoms with van der Waals surface area (Å²) in [5.74, 6) is 0.714. The molecule has 0 unspecified atom stereocenters. The number of nitrogens with zero attached hydrogens (tertiary/aromatic N) is 4. The van der Waals surface area contributed by atoms with Gasteiger partial charge < -0.3 is 20.4 Å². The monoisotopic (exact) mass is 570 g/mol. The zero-order chi connectivity index (χ0) is 21.5. The zero-order valence-corrected chi connectivity index (χ0v) is 21.4. The molecule has 0 spiro atoms. The van der Waals surface area contributed by atoms with Gasteiger partial charge in [-0.05, 0) is 32.0 Å². The Balaban J connectivity index is 0.00000341. The van der Waals surface area contributed by atoms with Crippen molar-refractivity contribution in [3.05, 3.63) is 28.8 Å². The number of halogens is 4. The van der Waals surface area contributed by atoms with Crippen molar-refractivity contribution in [3.8, 4) is 0 Å². The molecule has 10 heteroatoms. The highest BCUT2D eigenvalue weighted by atomic mass is 127. The van der Waals surface area contributed by atoms with Crippen molar-refractivity contribution in [1.82, 2.24) is 20.4 Å². The molecule has 0 aliphatic carbocycles. The molecule has 0 amide bonds. The number of guanidine groups is 1. The molecule has 1 aromatic rings. The van der Waals surface area contributed by atoms with Crippen molar-refractivity contribution in [2.45, 2.75) is 31.9 Å². The van der Waals surface area contributed by atoms with E-state index in [1.165, 1.54) is 5.69 Å². The maximum absolute atomic E-state index is 12.6. The van der Waals surface area contributed by atoms with Gasteiger partial charge in [0.1, 0.15) is 0 Å². The quantitative estimate of drug-likeness (QED) is 0.313. The maximum Gasteiger partial charge on any atom is 0.251 e. The number of piperazine rings is 1. The van der Waals surface area contributed by atoms with Gasteiger partial charge in [0.25, 0.3) is 6.43 Å². The fourth-order valence-electron chi connectivity index (χ4n) is 4.08. The summed E-state index contributed by atoms with van der Waals surface area (Å²) in [7, 11) is 3.89. The zero-order valence-electron chi connectivity index (χ0n) is 18.3. The molecular weight excluding hydrogens is 537 g/mol. The lowest BCUT2D eigenvalue weighted by atomic mass is 10.1. The number of benzene rings is 1. The molecule has 2 saturated heterocycles. The summed E-state index contributed by atoms with van der Waals surface area (Å²) in [5.41, 5.74) is 2.23. The van der Waals surface area contributed by atoms with Crippen molar-refractivity contribution < 1.29 is 8.78 Å². The largest absolute Gasteiger partial charge is 0.369 e. The van der Waals surface area contributed by atoms with E-state index in [2.05, 4.69) is 38.5 Å². The Morgan fingerprint density at radius 3 is 2.45 bits per heavy atom. The highest BCUT2D eigenvalue weighted by Gasteiger charge is 2.23. The van der Waals surface area contributed by atoms with E-state index in [9.17, 15) is 8.78 Å². The lowest BCUT2D eigenvalue weighted by Gasteiger charge is -2.35. The number of nitrogens with one attached hydrogen (secondary N) is 2. The van der Waals surface area contributed by atoms with Crippen LogP contribution in [-0.4, -0.2) is 88.1 Å². The van der Waals surface area contributed by atoms with E-state index in [1.54, 1.807) is 7.05 Å². The minimum atomic E-state index is -2.27. The number of aliphatic imine (C=N–C) groups is 1. The molecule has 0 radical (unpaired) electrons. The van der Waals surface area contributed by atoms with E-state index >= 15 is 0 Å². The first-order valence-corrected chi connectivity index (χ1v) is 11.0. The summed E-state index contributed by atoms with van der Waals surface area (Å²) in [6.07, 6.45) is -0.618. The van der Waals surface area contributed by atoms with Crippen LogP contribution < -0.4 is 15.5 Å². The van der Waals surface area contributed by atoms with Crippen LogP contribution >= 0.6 is 35.6 Å². The van der Waals surface area contributed by atoms with Crippen LogP contribution in [-0.2, 0) is 6.54 Å². The molecule has 176 valence electrons. The fourth-order valence-corrected chi connectivity index (χ4v) is 4.32. The fraction of sp³-hybridized carbons (Fsp3) is 0.667. The number of anilines is 1. The first-order valence-electron chi connectivity index (χ1n) is 10.6. The van der Waals surface area contributed by atoms with E-state index in [1.807, 2.05) is 17.0 Å². The van der Waals surface area contributed by atoms with Crippen LogP contribution in [0.1, 0.15) is 18.4 Å². The maximum atomic E-state index is 12.6. The molecule has 31 heavy (non-hydrogen) atoms. The third-order valence-corrected chi connectivity index (χ3v) is 6.27. The molecule has 6 nitrogen and oxygen atoms in total. The van der Waals surface area contributed by atoms with E-state index in [0.717, 1.165) is 49.6 Å². The average Bonchev–Trinajstić information content (AvgIpc) is 2.73. The Kier molecular flexibility index (Phi) is 11.0.